The summed E-state index contributed by atoms with van der Waals surface area (Å²) >= 11 is 0. The second-order valence-corrected chi connectivity index (χ2v) is 6.05. The molecule has 0 bridgehead atoms. The van der Waals surface area contributed by atoms with E-state index in [1.165, 1.54) is 5.56 Å². The molecule has 0 saturated carbocycles. The molecule has 4 rings (SSSR count). The monoisotopic (exact) mass is 393 g/mol. The van der Waals surface area contributed by atoms with E-state index in [1.54, 1.807) is 12.4 Å². The Hall–Kier alpha value is -2.15. The zero-order valence-corrected chi connectivity index (χ0v) is 15.7. The Bertz CT molecular complexity index is 822. The molecule has 1 amide bonds. The molecule has 0 spiro atoms. The average molecular weight is 394 g/mol. The highest BCUT2D eigenvalue weighted by Gasteiger charge is 2.29. The first-order valence-corrected chi connectivity index (χ1v) is 8.16. The molecule has 2 atom stereocenters. The van der Waals surface area contributed by atoms with Crippen molar-refractivity contribution in [2.45, 2.75) is 31.5 Å². The number of benzene rings is 1. The van der Waals surface area contributed by atoms with Crippen molar-refractivity contribution in [1.82, 2.24) is 25.0 Å². The van der Waals surface area contributed by atoms with Gasteiger partial charge in [-0.05, 0) is 18.4 Å². The highest BCUT2D eigenvalue weighted by molar-refractivity contribution is 5.85. The van der Waals surface area contributed by atoms with Crippen LogP contribution in [0.25, 0.3) is 5.65 Å². The van der Waals surface area contributed by atoms with Gasteiger partial charge < -0.3 is 9.72 Å². The van der Waals surface area contributed by atoms with Crippen LogP contribution >= 0.6 is 24.8 Å². The zero-order chi connectivity index (χ0) is 16.4. The Labute approximate surface area is 164 Å². The molecule has 1 aliphatic heterocycles. The molecule has 3 aromatic rings. The Morgan fingerprint density at radius 3 is 2.81 bits per heavy atom. The van der Waals surface area contributed by atoms with Crippen molar-refractivity contribution in [3.05, 3.63) is 66.4 Å². The van der Waals surface area contributed by atoms with Gasteiger partial charge in [-0.2, -0.15) is 0 Å². The van der Waals surface area contributed by atoms with Crippen molar-refractivity contribution in [1.29, 1.82) is 0 Å². The fourth-order valence-electron chi connectivity index (χ4n) is 3.18. The summed E-state index contributed by atoms with van der Waals surface area (Å²) in [5.74, 6) is 0.0311. The van der Waals surface area contributed by atoms with Gasteiger partial charge in [-0.15, -0.1) is 24.8 Å². The van der Waals surface area contributed by atoms with Crippen LogP contribution in [0.4, 0.5) is 0 Å². The fraction of sp³-hybridized carbons (Fsp3) is 0.278. The van der Waals surface area contributed by atoms with Gasteiger partial charge in [0.25, 0.3) is 0 Å². The van der Waals surface area contributed by atoms with Crippen molar-refractivity contribution in [3.8, 4) is 0 Å². The van der Waals surface area contributed by atoms with E-state index >= 15 is 0 Å². The van der Waals surface area contributed by atoms with Gasteiger partial charge in [-0.1, -0.05) is 30.3 Å². The summed E-state index contributed by atoms with van der Waals surface area (Å²) in [6, 6.07) is 10.4. The smallest absolute Gasteiger partial charge is 0.237 e. The molecule has 1 saturated heterocycles. The summed E-state index contributed by atoms with van der Waals surface area (Å²) in [4.78, 5) is 20.9. The molecule has 1 fully saturated rings. The molecule has 2 N–H and O–H groups in total. The number of nitrogens with zero attached hydrogens (tertiary/aromatic N) is 3. The normalized spacial score (nSPS) is 18.8. The Kier molecular flexibility index (Phi) is 6.97. The Balaban J connectivity index is 0.00000121. The third-order valence-corrected chi connectivity index (χ3v) is 4.42. The molecule has 6 nitrogen and oxygen atoms in total. The standard InChI is InChI=1S/C18H19N5O.2ClH/c24-18(16-7-6-15(22-16)13-4-2-1-3-5-13)20-10-14-12-23-9-8-19-11-17(23)21-14;;/h1-5,8-9,11-12,15-16,22H,6-7,10H2,(H,20,24);2*1H/t15-,16-;;/m1../s1. The second-order valence-electron chi connectivity index (χ2n) is 6.05. The van der Waals surface area contributed by atoms with Crippen LogP contribution in [0.2, 0.25) is 0 Å². The number of hydrogen-bond acceptors (Lipinski definition) is 4. The lowest BCUT2D eigenvalue weighted by molar-refractivity contribution is -0.123. The lowest BCUT2D eigenvalue weighted by Crippen LogP contribution is -2.40. The maximum absolute atomic E-state index is 12.4. The molecule has 1 aromatic carbocycles. The first kappa shape index (κ1) is 20.2. The number of fused-ring (bicyclic) bond motifs is 1. The van der Waals surface area contributed by atoms with Gasteiger partial charge in [0.2, 0.25) is 5.91 Å². The third-order valence-electron chi connectivity index (χ3n) is 4.42. The molecular formula is C18H21Cl2N5O. The van der Waals surface area contributed by atoms with Crippen LogP contribution in [-0.2, 0) is 11.3 Å². The first-order valence-electron chi connectivity index (χ1n) is 8.16. The number of aromatic nitrogens is 3. The van der Waals surface area contributed by atoms with E-state index in [9.17, 15) is 4.79 Å². The minimum absolute atomic E-state index is 0. The summed E-state index contributed by atoms with van der Waals surface area (Å²) in [5.41, 5.74) is 2.85. The van der Waals surface area contributed by atoms with Crippen LogP contribution in [-0.4, -0.2) is 26.3 Å². The van der Waals surface area contributed by atoms with E-state index in [2.05, 4.69) is 32.7 Å². The van der Waals surface area contributed by atoms with E-state index in [0.29, 0.717) is 6.54 Å². The minimum atomic E-state index is -0.145. The molecule has 3 heterocycles. The summed E-state index contributed by atoms with van der Waals surface area (Å²) < 4.78 is 1.90. The average Bonchev–Trinajstić information content (AvgIpc) is 3.27. The SMILES string of the molecule is Cl.Cl.O=C(NCc1cn2ccncc2n1)[C@H]1CC[C@H](c2ccccc2)N1. The van der Waals surface area contributed by atoms with Gasteiger partial charge in [0.05, 0.1) is 24.5 Å². The van der Waals surface area contributed by atoms with Crippen LogP contribution in [0.5, 0.6) is 0 Å². The molecule has 26 heavy (non-hydrogen) atoms. The van der Waals surface area contributed by atoms with E-state index in [0.717, 1.165) is 24.2 Å². The van der Waals surface area contributed by atoms with Gasteiger partial charge in [0, 0.05) is 24.6 Å². The maximum Gasteiger partial charge on any atom is 0.237 e. The van der Waals surface area contributed by atoms with Crippen molar-refractivity contribution >= 4 is 36.4 Å². The van der Waals surface area contributed by atoms with Crippen LogP contribution in [0.3, 0.4) is 0 Å². The molecule has 0 unspecified atom stereocenters. The third kappa shape index (κ3) is 4.33. The number of amides is 1. The van der Waals surface area contributed by atoms with Crippen LogP contribution in [0, 0.1) is 0 Å². The Morgan fingerprint density at radius 1 is 1.23 bits per heavy atom. The number of carbonyl (C=O) groups excluding carboxylic acids is 1. The van der Waals surface area contributed by atoms with Gasteiger partial charge in [-0.25, -0.2) is 4.98 Å². The van der Waals surface area contributed by atoms with Crippen LogP contribution in [0.1, 0.15) is 30.1 Å². The largest absolute Gasteiger partial charge is 0.349 e. The fourth-order valence-corrected chi connectivity index (χ4v) is 3.18. The predicted molar refractivity (Wildman–Crippen MR) is 105 cm³/mol. The van der Waals surface area contributed by atoms with Crippen molar-refractivity contribution in [2.24, 2.45) is 0 Å². The van der Waals surface area contributed by atoms with Crippen molar-refractivity contribution < 1.29 is 4.79 Å². The summed E-state index contributed by atoms with van der Waals surface area (Å²) in [6.45, 7) is 0.425. The van der Waals surface area contributed by atoms with E-state index < -0.39 is 0 Å². The van der Waals surface area contributed by atoms with Crippen LogP contribution < -0.4 is 10.6 Å². The quantitative estimate of drug-likeness (QED) is 0.714. The predicted octanol–water partition coefficient (Wildman–Crippen LogP) is 2.68. The van der Waals surface area contributed by atoms with Crippen molar-refractivity contribution in [3.63, 3.8) is 0 Å². The molecule has 0 radical (unpaired) electrons. The van der Waals surface area contributed by atoms with Gasteiger partial charge in [0.15, 0.2) is 5.65 Å². The first-order chi connectivity index (χ1) is 11.8. The van der Waals surface area contributed by atoms with E-state index in [1.807, 2.05) is 35.0 Å². The number of rotatable bonds is 4. The minimum Gasteiger partial charge on any atom is -0.349 e. The zero-order valence-electron chi connectivity index (χ0n) is 14.0. The molecule has 0 aliphatic carbocycles. The number of nitrogens with one attached hydrogen (secondary N) is 2. The van der Waals surface area contributed by atoms with Gasteiger partial charge >= 0.3 is 0 Å². The van der Waals surface area contributed by atoms with Crippen molar-refractivity contribution in [2.75, 3.05) is 0 Å². The molecular weight excluding hydrogens is 373 g/mol. The van der Waals surface area contributed by atoms with Gasteiger partial charge in [-0.3, -0.25) is 15.1 Å². The molecule has 8 heteroatoms. The number of carbonyl (C=O) groups is 1. The summed E-state index contributed by atoms with van der Waals surface area (Å²) in [5, 5.41) is 6.40. The highest BCUT2D eigenvalue weighted by Crippen LogP contribution is 2.26. The van der Waals surface area contributed by atoms with Gasteiger partial charge in [0.1, 0.15) is 0 Å². The topological polar surface area (TPSA) is 71.3 Å². The second kappa shape index (κ2) is 8.98. The molecule has 138 valence electrons. The highest BCUT2D eigenvalue weighted by atomic mass is 35.5. The lowest BCUT2D eigenvalue weighted by Gasteiger charge is -2.14. The lowest BCUT2D eigenvalue weighted by atomic mass is 10.1. The van der Waals surface area contributed by atoms with E-state index in [4.69, 9.17) is 0 Å². The number of hydrogen-bond donors (Lipinski definition) is 2. The molecule has 1 aliphatic rings. The van der Waals surface area contributed by atoms with Crippen LogP contribution in [0.15, 0.2) is 55.1 Å². The maximum atomic E-state index is 12.4. The summed E-state index contributed by atoms with van der Waals surface area (Å²) in [7, 11) is 0. The molecule has 2 aromatic heterocycles. The van der Waals surface area contributed by atoms with E-state index in [-0.39, 0.29) is 42.8 Å². The number of imidazole rings is 1. The summed E-state index contributed by atoms with van der Waals surface area (Å²) in [6.07, 6.45) is 8.99. The Morgan fingerprint density at radius 2 is 2.04 bits per heavy atom. The number of halogens is 2.